The zero-order valence-electron chi connectivity index (χ0n) is 6.30. The summed E-state index contributed by atoms with van der Waals surface area (Å²) in [7, 11) is -3.11. The molecule has 0 saturated heterocycles. The summed E-state index contributed by atoms with van der Waals surface area (Å²) in [6.45, 7) is -0.614. The lowest BCUT2D eigenvalue weighted by atomic mass is 10.7. The molecule has 8 heteroatoms. The highest BCUT2D eigenvalue weighted by Gasteiger charge is 2.08. The van der Waals surface area contributed by atoms with Gasteiger partial charge in [0.15, 0.2) is 6.61 Å². The normalized spacial score (nSPS) is 12.4. The van der Waals surface area contributed by atoms with E-state index in [4.69, 9.17) is 4.89 Å². The van der Waals surface area contributed by atoms with Crippen LogP contribution >= 0.6 is 8.25 Å². The van der Waals surface area contributed by atoms with Gasteiger partial charge in [0.2, 0.25) is 0 Å². The van der Waals surface area contributed by atoms with Crippen molar-refractivity contribution in [3.63, 3.8) is 0 Å². The summed E-state index contributed by atoms with van der Waals surface area (Å²) in [6.07, 6.45) is 2.28. The summed E-state index contributed by atoms with van der Waals surface area (Å²) >= 11 is 0. The number of nitrogens with zero attached hydrogens (tertiary/aromatic N) is 1. The summed E-state index contributed by atoms with van der Waals surface area (Å²) in [5.41, 5.74) is 0. The molecule has 1 atom stereocenters. The van der Waals surface area contributed by atoms with Crippen molar-refractivity contribution in [2.75, 3.05) is 6.61 Å². The van der Waals surface area contributed by atoms with Crippen molar-refractivity contribution in [2.45, 2.75) is 0 Å². The summed E-state index contributed by atoms with van der Waals surface area (Å²) in [5.74, 6) is -0.852. The van der Waals surface area contributed by atoms with Crippen LogP contribution in [0.15, 0.2) is 16.9 Å². The Bertz CT molecular complexity index is 296. The SMILES string of the molecule is O=C(CO[PH](=O)O)Oc1ncco1. The van der Waals surface area contributed by atoms with Crippen LogP contribution < -0.4 is 4.74 Å². The zero-order chi connectivity index (χ0) is 9.68. The number of aromatic nitrogens is 1. The Morgan fingerprint density at radius 2 is 2.54 bits per heavy atom. The Kier molecular flexibility index (Phi) is 3.63. The van der Waals surface area contributed by atoms with Crippen molar-refractivity contribution in [2.24, 2.45) is 0 Å². The molecule has 0 aliphatic rings. The molecule has 13 heavy (non-hydrogen) atoms. The van der Waals surface area contributed by atoms with Gasteiger partial charge >= 0.3 is 20.3 Å². The summed E-state index contributed by atoms with van der Waals surface area (Å²) in [5, 5.41) is 0. The molecule has 7 nitrogen and oxygen atoms in total. The second-order valence-corrected chi connectivity index (χ2v) is 2.65. The number of esters is 1. The van der Waals surface area contributed by atoms with Crippen molar-refractivity contribution < 1.29 is 27.9 Å². The standard InChI is InChI=1S/C5H6NO6P/c7-4(3-11-13(8)9)12-5-6-1-2-10-5/h1-2,13H,3H2,(H,8,9). The Morgan fingerprint density at radius 1 is 1.77 bits per heavy atom. The van der Waals surface area contributed by atoms with E-state index in [0.29, 0.717) is 0 Å². The van der Waals surface area contributed by atoms with Gasteiger partial charge in [0.25, 0.3) is 0 Å². The molecular formula is C5H6NO6P. The first-order valence-corrected chi connectivity index (χ1v) is 4.41. The topological polar surface area (TPSA) is 98.9 Å². The van der Waals surface area contributed by atoms with Crippen LogP contribution in [0, 0.1) is 0 Å². The second-order valence-electron chi connectivity index (χ2n) is 1.83. The van der Waals surface area contributed by atoms with Crippen LogP contribution in [-0.2, 0) is 13.9 Å². The minimum atomic E-state index is -3.11. The zero-order valence-corrected chi connectivity index (χ0v) is 7.30. The molecule has 1 heterocycles. The Hall–Kier alpha value is -1.17. The first-order chi connectivity index (χ1) is 6.18. The lowest BCUT2D eigenvalue weighted by Crippen LogP contribution is -2.13. The molecule has 0 aliphatic carbocycles. The molecule has 0 saturated carbocycles. The van der Waals surface area contributed by atoms with E-state index < -0.39 is 20.8 Å². The van der Waals surface area contributed by atoms with Crippen molar-refractivity contribution in [3.05, 3.63) is 12.5 Å². The highest BCUT2D eigenvalue weighted by molar-refractivity contribution is 7.32. The molecule has 0 spiro atoms. The van der Waals surface area contributed by atoms with Crippen molar-refractivity contribution in [1.29, 1.82) is 0 Å². The predicted molar refractivity (Wildman–Crippen MR) is 39.3 cm³/mol. The third-order valence-electron chi connectivity index (χ3n) is 0.924. The van der Waals surface area contributed by atoms with E-state index in [2.05, 4.69) is 18.7 Å². The van der Waals surface area contributed by atoms with Crippen LogP contribution in [0.25, 0.3) is 0 Å². The first-order valence-electron chi connectivity index (χ1n) is 3.14. The first kappa shape index (κ1) is 9.91. The van der Waals surface area contributed by atoms with E-state index in [1.165, 1.54) is 12.5 Å². The van der Waals surface area contributed by atoms with Gasteiger partial charge in [-0.2, -0.15) is 4.98 Å². The number of ether oxygens (including phenoxy) is 1. The Morgan fingerprint density at radius 3 is 3.08 bits per heavy atom. The van der Waals surface area contributed by atoms with E-state index in [-0.39, 0.29) is 6.08 Å². The highest BCUT2D eigenvalue weighted by Crippen LogP contribution is 2.14. The monoisotopic (exact) mass is 207 g/mol. The molecule has 1 rings (SSSR count). The lowest BCUT2D eigenvalue weighted by molar-refractivity contribution is -0.138. The van der Waals surface area contributed by atoms with Gasteiger partial charge in [-0.05, 0) is 0 Å². The van der Waals surface area contributed by atoms with E-state index >= 15 is 0 Å². The molecular weight excluding hydrogens is 201 g/mol. The minimum Gasteiger partial charge on any atom is -0.417 e. The van der Waals surface area contributed by atoms with Gasteiger partial charge in [0.1, 0.15) is 6.26 Å². The largest absolute Gasteiger partial charge is 0.417 e. The molecule has 72 valence electrons. The van der Waals surface area contributed by atoms with Gasteiger partial charge in [0.05, 0.1) is 6.20 Å². The predicted octanol–water partition coefficient (Wildman–Crippen LogP) is -0.0214. The van der Waals surface area contributed by atoms with Crippen LogP contribution in [0.3, 0.4) is 0 Å². The fourth-order valence-corrected chi connectivity index (χ4v) is 0.750. The molecule has 0 radical (unpaired) electrons. The number of oxazole rings is 1. The molecule has 1 unspecified atom stereocenters. The van der Waals surface area contributed by atoms with Gasteiger partial charge in [-0.1, -0.05) is 0 Å². The number of carbonyl (C=O) groups excluding carboxylic acids is 1. The van der Waals surface area contributed by atoms with Crippen LogP contribution in [0.2, 0.25) is 0 Å². The smallest absolute Gasteiger partial charge is 0.401 e. The fraction of sp³-hybridized carbons (Fsp3) is 0.200. The molecule has 0 amide bonds. The fourth-order valence-electron chi connectivity index (χ4n) is 0.508. The third kappa shape index (κ3) is 3.84. The Balaban J connectivity index is 2.30. The minimum absolute atomic E-state index is 0.230. The molecule has 0 bridgehead atoms. The average molecular weight is 207 g/mol. The molecule has 1 aromatic heterocycles. The van der Waals surface area contributed by atoms with Crippen LogP contribution in [0.4, 0.5) is 0 Å². The molecule has 1 aromatic rings. The Labute approximate surface area is 73.2 Å². The highest BCUT2D eigenvalue weighted by atomic mass is 31.1. The number of rotatable bonds is 4. The maximum atomic E-state index is 10.7. The average Bonchev–Trinajstić information content (AvgIpc) is 2.53. The number of carbonyl (C=O) groups is 1. The lowest BCUT2D eigenvalue weighted by Gasteiger charge is -1.97. The van der Waals surface area contributed by atoms with Gasteiger partial charge in [0, 0.05) is 0 Å². The van der Waals surface area contributed by atoms with Gasteiger partial charge in [-0.3, -0.25) is 9.09 Å². The summed E-state index contributed by atoms with van der Waals surface area (Å²) in [6, 6.07) is 0. The van der Waals surface area contributed by atoms with E-state index in [9.17, 15) is 9.36 Å². The number of hydrogen-bond donors (Lipinski definition) is 1. The summed E-state index contributed by atoms with van der Waals surface area (Å²) < 4.78 is 23.1. The van der Waals surface area contributed by atoms with E-state index in [0.717, 1.165) is 0 Å². The van der Waals surface area contributed by atoms with Crippen LogP contribution in [0.5, 0.6) is 6.08 Å². The molecule has 0 fully saturated rings. The van der Waals surface area contributed by atoms with E-state index in [1.807, 2.05) is 0 Å². The molecule has 0 aliphatic heterocycles. The van der Waals surface area contributed by atoms with Crippen molar-refractivity contribution in [1.82, 2.24) is 4.98 Å². The van der Waals surface area contributed by atoms with Gasteiger partial charge in [-0.15, -0.1) is 0 Å². The van der Waals surface area contributed by atoms with Crippen molar-refractivity contribution >= 4 is 14.2 Å². The summed E-state index contributed by atoms with van der Waals surface area (Å²) in [4.78, 5) is 22.4. The number of hydrogen-bond acceptors (Lipinski definition) is 6. The van der Waals surface area contributed by atoms with Gasteiger partial charge < -0.3 is 14.0 Å². The quantitative estimate of drug-likeness (QED) is 0.546. The molecule has 1 N–H and O–H groups in total. The second kappa shape index (κ2) is 4.76. The maximum absolute atomic E-state index is 10.7. The molecule has 0 aromatic carbocycles. The van der Waals surface area contributed by atoms with Crippen molar-refractivity contribution in [3.8, 4) is 6.08 Å². The van der Waals surface area contributed by atoms with E-state index in [1.54, 1.807) is 0 Å². The maximum Gasteiger partial charge on any atom is 0.401 e. The van der Waals surface area contributed by atoms with Gasteiger partial charge in [-0.25, -0.2) is 4.79 Å². The third-order valence-corrected chi connectivity index (χ3v) is 1.32. The van der Waals surface area contributed by atoms with Crippen LogP contribution in [0.1, 0.15) is 0 Å². The van der Waals surface area contributed by atoms with Crippen LogP contribution in [-0.4, -0.2) is 22.5 Å².